The quantitative estimate of drug-likeness (QED) is 0.852. The van der Waals surface area contributed by atoms with Crippen LogP contribution >= 0.6 is 11.6 Å². The topological polar surface area (TPSA) is 42.0 Å². The van der Waals surface area contributed by atoms with Crippen LogP contribution in [0.5, 0.6) is 0 Å². The van der Waals surface area contributed by atoms with Gasteiger partial charge in [-0.05, 0) is 30.3 Å². The predicted molar refractivity (Wildman–Crippen MR) is 63.6 cm³/mol. The lowest BCUT2D eigenvalue weighted by atomic mass is 10.2. The molecule has 18 heavy (non-hydrogen) atoms. The minimum atomic E-state index is -0.468. The van der Waals surface area contributed by atoms with E-state index < -0.39 is 11.7 Å². The normalized spacial score (nSPS) is 9.44. The number of carbonyl (C=O) groups excluding carboxylic acids is 1. The van der Waals surface area contributed by atoms with Gasteiger partial charge >= 0.3 is 0 Å². The van der Waals surface area contributed by atoms with E-state index in [1.165, 1.54) is 24.4 Å². The summed E-state index contributed by atoms with van der Waals surface area (Å²) in [6.45, 7) is 0. The Bertz CT molecular complexity index is 563. The van der Waals surface area contributed by atoms with Crippen LogP contribution in [-0.4, -0.2) is 10.9 Å². The zero-order valence-corrected chi connectivity index (χ0v) is 10.5. The molecule has 0 saturated carbocycles. The highest BCUT2D eigenvalue weighted by molar-refractivity contribution is 6.33. The summed E-state index contributed by atoms with van der Waals surface area (Å²) in [5.74, 6) is -0.668. The summed E-state index contributed by atoms with van der Waals surface area (Å²) in [6, 6.07) is 8.64. The Kier molecular flexibility index (Phi) is 5.07. The molecule has 0 atom stereocenters. The molecule has 1 N–H and O–H groups in total. The molecule has 1 heterocycles. The fraction of sp³-hybridized carbons (Fsp3) is 0. The number of amides is 1. The minimum Gasteiger partial charge on any atom is -1.00 e. The number of hydrogen-bond donors (Lipinski definition) is 1. The number of aromatic nitrogens is 1. The molecule has 1 aromatic heterocycles. The molecule has 0 aliphatic carbocycles. The van der Waals surface area contributed by atoms with Crippen molar-refractivity contribution < 1.29 is 21.6 Å². The highest BCUT2D eigenvalue weighted by atomic mass is 35.5. The molecule has 0 unspecified atom stereocenters. The maximum absolute atomic E-state index is 12.9. The summed E-state index contributed by atoms with van der Waals surface area (Å²) in [5, 5.41) is 2.84. The summed E-state index contributed by atoms with van der Waals surface area (Å²) < 4.78 is 12.9. The van der Waals surface area contributed by atoms with E-state index in [2.05, 4.69) is 10.3 Å². The lowest BCUT2D eigenvalue weighted by Gasteiger charge is -2.05. The molecule has 6 heteroatoms. The fourth-order valence-electron chi connectivity index (χ4n) is 1.29. The smallest absolute Gasteiger partial charge is 0.256 e. The second-order valence-corrected chi connectivity index (χ2v) is 3.71. The van der Waals surface area contributed by atoms with Crippen LogP contribution in [0.1, 0.15) is 10.4 Å². The number of pyridine rings is 1. The maximum atomic E-state index is 12.9. The molecule has 2 aromatic rings. The molecule has 1 aromatic carbocycles. The Labute approximate surface area is 114 Å². The second-order valence-electron chi connectivity index (χ2n) is 3.30. The molecule has 0 aliphatic rings. The Morgan fingerprint density at radius 1 is 1.28 bits per heavy atom. The van der Waals surface area contributed by atoms with Gasteiger partial charge in [0.25, 0.3) is 5.91 Å². The first-order chi connectivity index (χ1) is 8.16. The van der Waals surface area contributed by atoms with Gasteiger partial charge in [-0.15, -0.1) is 0 Å². The van der Waals surface area contributed by atoms with Crippen LogP contribution in [-0.2, 0) is 0 Å². The Morgan fingerprint density at radius 2 is 2.06 bits per heavy atom. The lowest BCUT2D eigenvalue weighted by molar-refractivity contribution is -0.0000116. The first-order valence-electron chi connectivity index (χ1n) is 4.84. The van der Waals surface area contributed by atoms with Gasteiger partial charge in [0.2, 0.25) is 0 Å². The number of rotatable bonds is 2. The van der Waals surface area contributed by atoms with Crippen LogP contribution in [0.4, 0.5) is 10.2 Å². The summed E-state index contributed by atoms with van der Waals surface area (Å²) >= 11 is 5.84. The van der Waals surface area contributed by atoms with Gasteiger partial charge in [0.1, 0.15) is 5.82 Å². The van der Waals surface area contributed by atoms with Crippen molar-refractivity contribution in [3.63, 3.8) is 0 Å². The number of anilines is 1. The SMILES string of the molecule is O=C(Nc1ncccc1Cl)c1cccc(F)c1.[Cl-]. The van der Waals surface area contributed by atoms with Gasteiger partial charge in [-0.1, -0.05) is 17.7 Å². The van der Waals surface area contributed by atoms with Gasteiger partial charge in [0.05, 0.1) is 5.02 Å². The summed E-state index contributed by atoms with van der Waals surface area (Å²) in [7, 11) is 0. The predicted octanol–water partition coefficient (Wildman–Crippen LogP) is 0.130. The van der Waals surface area contributed by atoms with E-state index in [0.717, 1.165) is 6.07 Å². The molecule has 0 fully saturated rings. The first kappa shape index (κ1) is 14.4. The number of nitrogens with zero attached hydrogens (tertiary/aromatic N) is 1. The molecule has 0 aliphatic heterocycles. The van der Waals surface area contributed by atoms with Crippen molar-refractivity contribution in [3.8, 4) is 0 Å². The third-order valence-electron chi connectivity index (χ3n) is 2.08. The molecule has 0 radical (unpaired) electrons. The summed E-state index contributed by atoms with van der Waals surface area (Å²) in [5.41, 5.74) is 0.215. The Balaban J connectivity index is 0.00000162. The maximum Gasteiger partial charge on any atom is 0.256 e. The number of nitrogens with one attached hydrogen (secondary N) is 1. The van der Waals surface area contributed by atoms with Gasteiger partial charge in [-0.2, -0.15) is 0 Å². The number of halogens is 3. The third kappa shape index (κ3) is 3.42. The molecule has 0 spiro atoms. The van der Waals surface area contributed by atoms with Crippen molar-refractivity contribution in [2.24, 2.45) is 0 Å². The van der Waals surface area contributed by atoms with E-state index in [-0.39, 0.29) is 23.8 Å². The molecule has 0 bridgehead atoms. The number of benzene rings is 1. The van der Waals surface area contributed by atoms with Crippen LogP contribution in [0.15, 0.2) is 42.6 Å². The van der Waals surface area contributed by atoms with Crippen LogP contribution < -0.4 is 17.7 Å². The van der Waals surface area contributed by atoms with Crippen LogP contribution in [0.3, 0.4) is 0 Å². The van der Waals surface area contributed by atoms with Crippen molar-refractivity contribution in [3.05, 3.63) is 59.0 Å². The third-order valence-corrected chi connectivity index (χ3v) is 2.38. The molecule has 2 rings (SSSR count). The number of carbonyl (C=O) groups is 1. The highest BCUT2D eigenvalue weighted by Gasteiger charge is 2.09. The fourth-order valence-corrected chi connectivity index (χ4v) is 1.46. The zero-order chi connectivity index (χ0) is 12.3. The van der Waals surface area contributed by atoms with Crippen molar-refractivity contribution >= 4 is 23.3 Å². The standard InChI is InChI=1S/C12H8ClFN2O.ClH/c13-10-5-2-6-15-11(10)16-12(17)8-3-1-4-9(14)7-8;/h1-7H,(H,15,16,17);1H/p-1. The molecular formula is C12H8Cl2FN2O-. The van der Waals surface area contributed by atoms with Crippen molar-refractivity contribution in [2.75, 3.05) is 5.32 Å². The Hall–Kier alpha value is -1.65. The van der Waals surface area contributed by atoms with Crippen LogP contribution in [0, 0.1) is 5.82 Å². The van der Waals surface area contributed by atoms with Gasteiger partial charge in [0, 0.05) is 11.8 Å². The van der Waals surface area contributed by atoms with E-state index in [1.54, 1.807) is 12.1 Å². The van der Waals surface area contributed by atoms with Crippen LogP contribution in [0.25, 0.3) is 0 Å². The van der Waals surface area contributed by atoms with Crippen molar-refractivity contribution in [1.82, 2.24) is 4.98 Å². The van der Waals surface area contributed by atoms with Crippen molar-refractivity contribution in [1.29, 1.82) is 0 Å². The molecule has 3 nitrogen and oxygen atoms in total. The van der Waals surface area contributed by atoms with E-state index in [9.17, 15) is 9.18 Å². The van der Waals surface area contributed by atoms with Gasteiger partial charge in [-0.3, -0.25) is 4.79 Å². The summed E-state index contributed by atoms with van der Waals surface area (Å²) in [6.07, 6.45) is 1.51. The van der Waals surface area contributed by atoms with E-state index in [0.29, 0.717) is 5.02 Å². The minimum absolute atomic E-state index is 0. The van der Waals surface area contributed by atoms with Crippen molar-refractivity contribution in [2.45, 2.75) is 0 Å². The monoisotopic (exact) mass is 285 g/mol. The van der Waals surface area contributed by atoms with E-state index in [1.807, 2.05) is 0 Å². The summed E-state index contributed by atoms with van der Waals surface area (Å²) in [4.78, 5) is 15.7. The second kappa shape index (κ2) is 6.33. The zero-order valence-electron chi connectivity index (χ0n) is 9.03. The first-order valence-corrected chi connectivity index (χ1v) is 5.22. The van der Waals surface area contributed by atoms with Crippen LogP contribution in [0.2, 0.25) is 5.02 Å². The largest absolute Gasteiger partial charge is 1.00 e. The van der Waals surface area contributed by atoms with Gasteiger partial charge in [-0.25, -0.2) is 9.37 Å². The van der Waals surface area contributed by atoms with Gasteiger partial charge in [0.15, 0.2) is 5.82 Å². The Morgan fingerprint density at radius 3 is 2.72 bits per heavy atom. The lowest BCUT2D eigenvalue weighted by Crippen LogP contribution is -3.00. The van der Waals surface area contributed by atoms with E-state index in [4.69, 9.17) is 11.6 Å². The van der Waals surface area contributed by atoms with Gasteiger partial charge < -0.3 is 17.7 Å². The number of hydrogen-bond acceptors (Lipinski definition) is 2. The molecular weight excluding hydrogens is 278 g/mol. The van der Waals surface area contributed by atoms with E-state index >= 15 is 0 Å². The molecule has 1 amide bonds. The highest BCUT2D eigenvalue weighted by Crippen LogP contribution is 2.18. The average molecular weight is 286 g/mol. The molecule has 0 saturated heterocycles. The average Bonchev–Trinajstić information content (AvgIpc) is 2.32. The molecule has 94 valence electrons.